The molecule has 6 atom stereocenters. The van der Waals surface area contributed by atoms with Crippen molar-refractivity contribution >= 4 is 17.7 Å². The number of allylic oxidation sites excluding steroid dienone is 1. The molecular formula is C22H34O4S. The first kappa shape index (κ1) is 20.9. The van der Waals surface area contributed by atoms with Gasteiger partial charge in [0.2, 0.25) is 0 Å². The van der Waals surface area contributed by atoms with Gasteiger partial charge in [-0.1, -0.05) is 32.9 Å². The fourth-order valence-corrected chi connectivity index (χ4v) is 7.08. The van der Waals surface area contributed by atoms with Crippen LogP contribution in [0.5, 0.6) is 0 Å². The van der Waals surface area contributed by atoms with Gasteiger partial charge in [0, 0.05) is 16.2 Å². The van der Waals surface area contributed by atoms with Crippen molar-refractivity contribution < 1.29 is 19.7 Å². The number of ether oxygens (including phenoxy) is 1. The highest BCUT2D eigenvalue weighted by Gasteiger charge is 2.57. The monoisotopic (exact) mass is 394 g/mol. The Morgan fingerprint density at radius 2 is 2.15 bits per heavy atom. The summed E-state index contributed by atoms with van der Waals surface area (Å²) in [6, 6.07) is 0. The predicted octanol–water partition coefficient (Wildman–Crippen LogP) is 3.72. The Morgan fingerprint density at radius 3 is 2.74 bits per heavy atom. The molecule has 1 aliphatic heterocycles. The third kappa shape index (κ3) is 3.51. The summed E-state index contributed by atoms with van der Waals surface area (Å²) in [5.74, 6) is 1.31. The standard InChI is InChI=1S/C22H34O4S/c1-5-27-17(15-9-11-26-20(15)25)12-16-14(2)6-7-18-21(16,3)10-8-19(24)22(18,4)13-23/h9,16-19,23-24H,2,5-8,10-13H2,1,3-4H3. The van der Waals surface area contributed by atoms with Gasteiger partial charge >= 0.3 is 5.97 Å². The lowest BCUT2D eigenvalue weighted by Crippen LogP contribution is -2.57. The molecule has 0 aromatic carbocycles. The number of cyclic esters (lactones) is 1. The van der Waals surface area contributed by atoms with Crippen molar-refractivity contribution in [1.82, 2.24) is 0 Å². The lowest BCUT2D eigenvalue weighted by molar-refractivity contribution is -0.152. The maximum absolute atomic E-state index is 12.2. The Kier molecular flexibility index (Phi) is 6.14. The highest BCUT2D eigenvalue weighted by molar-refractivity contribution is 8.00. The quantitative estimate of drug-likeness (QED) is 0.531. The van der Waals surface area contributed by atoms with E-state index in [-0.39, 0.29) is 35.1 Å². The van der Waals surface area contributed by atoms with Crippen LogP contribution in [0.4, 0.5) is 0 Å². The van der Waals surface area contributed by atoms with Gasteiger partial charge in [0.25, 0.3) is 0 Å². The molecule has 2 saturated carbocycles. The number of esters is 1. The molecule has 3 aliphatic rings. The summed E-state index contributed by atoms with van der Waals surface area (Å²) in [5.41, 5.74) is 1.59. The highest BCUT2D eigenvalue weighted by Crippen LogP contribution is 2.62. The second-order valence-electron chi connectivity index (χ2n) is 8.96. The van der Waals surface area contributed by atoms with Crippen molar-refractivity contribution in [1.29, 1.82) is 0 Å². The molecule has 2 aliphatic carbocycles. The van der Waals surface area contributed by atoms with Crippen LogP contribution in [-0.4, -0.2) is 46.5 Å². The van der Waals surface area contributed by atoms with Crippen LogP contribution in [0.25, 0.3) is 0 Å². The average molecular weight is 395 g/mol. The van der Waals surface area contributed by atoms with E-state index in [1.165, 1.54) is 5.57 Å². The molecule has 0 radical (unpaired) electrons. The lowest BCUT2D eigenvalue weighted by Gasteiger charge is -2.60. The van der Waals surface area contributed by atoms with Gasteiger partial charge in [-0.25, -0.2) is 4.79 Å². The van der Waals surface area contributed by atoms with E-state index in [0.29, 0.717) is 13.0 Å². The number of thioether (sulfide) groups is 1. The largest absolute Gasteiger partial charge is 0.458 e. The van der Waals surface area contributed by atoms with Crippen LogP contribution in [0.2, 0.25) is 0 Å². The summed E-state index contributed by atoms with van der Waals surface area (Å²) >= 11 is 1.81. The lowest BCUT2D eigenvalue weighted by atomic mass is 9.46. The van der Waals surface area contributed by atoms with Crippen LogP contribution in [0.3, 0.4) is 0 Å². The van der Waals surface area contributed by atoms with Gasteiger partial charge in [0.05, 0.1) is 12.7 Å². The fraction of sp³-hybridized carbons (Fsp3) is 0.773. The van der Waals surface area contributed by atoms with Crippen molar-refractivity contribution in [3.05, 3.63) is 23.8 Å². The zero-order chi connectivity index (χ0) is 19.8. The smallest absolute Gasteiger partial charge is 0.335 e. The zero-order valence-electron chi connectivity index (χ0n) is 16.9. The topological polar surface area (TPSA) is 66.8 Å². The molecule has 3 rings (SSSR count). The van der Waals surface area contributed by atoms with Crippen LogP contribution < -0.4 is 0 Å². The molecule has 0 aromatic heterocycles. The summed E-state index contributed by atoms with van der Waals surface area (Å²) in [7, 11) is 0. The first-order valence-corrected chi connectivity index (χ1v) is 11.3. The van der Waals surface area contributed by atoms with E-state index in [1.807, 2.05) is 24.8 Å². The van der Waals surface area contributed by atoms with E-state index in [1.54, 1.807) is 0 Å². The summed E-state index contributed by atoms with van der Waals surface area (Å²) < 4.78 is 5.17. The molecule has 27 heavy (non-hydrogen) atoms. The van der Waals surface area contributed by atoms with Gasteiger partial charge in [-0.05, 0) is 61.2 Å². The highest BCUT2D eigenvalue weighted by atomic mass is 32.2. The molecular weight excluding hydrogens is 360 g/mol. The summed E-state index contributed by atoms with van der Waals surface area (Å²) in [6.45, 7) is 11.3. The first-order chi connectivity index (χ1) is 12.8. The summed E-state index contributed by atoms with van der Waals surface area (Å²) in [6.07, 6.45) is 5.90. The first-order valence-electron chi connectivity index (χ1n) is 10.2. The van der Waals surface area contributed by atoms with Crippen LogP contribution in [0, 0.1) is 22.7 Å². The van der Waals surface area contributed by atoms with Gasteiger partial charge in [0.1, 0.15) is 6.61 Å². The minimum Gasteiger partial charge on any atom is -0.458 e. The number of hydrogen-bond acceptors (Lipinski definition) is 5. The minimum absolute atomic E-state index is 0.0121. The Labute approximate surface area is 167 Å². The van der Waals surface area contributed by atoms with Gasteiger partial charge in [0.15, 0.2) is 0 Å². The molecule has 0 spiro atoms. The number of aliphatic hydroxyl groups is 2. The molecule has 0 saturated heterocycles. The van der Waals surface area contributed by atoms with E-state index >= 15 is 0 Å². The number of carbonyl (C=O) groups is 1. The van der Waals surface area contributed by atoms with Gasteiger partial charge in [-0.2, -0.15) is 11.8 Å². The molecule has 2 N–H and O–H groups in total. The fourth-order valence-electron chi connectivity index (χ4n) is 5.97. The SMILES string of the molecule is C=C1CCC2C(C)(CO)C(O)CCC2(C)C1CC(SCC)C1=CCOC1=O. The normalized spacial score (nSPS) is 40.3. The van der Waals surface area contributed by atoms with Crippen molar-refractivity contribution in [2.75, 3.05) is 19.0 Å². The Bertz CT molecular complexity index is 630. The van der Waals surface area contributed by atoms with E-state index in [0.717, 1.165) is 37.0 Å². The number of rotatable bonds is 6. The van der Waals surface area contributed by atoms with Crippen LogP contribution in [0.15, 0.2) is 23.8 Å². The maximum Gasteiger partial charge on any atom is 0.335 e. The van der Waals surface area contributed by atoms with E-state index in [9.17, 15) is 15.0 Å². The number of aliphatic hydroxyl groups excluding tert-OH is 2. The van der Waals surface area contributed by atoms with E-state index < -0.39 is 11.5 Å². The Morgan fingerprint density at radius 1 is 1.41 bits per heavy atom. The molecule has 0 aromatic rings. The van der Waals surface area contributed by atoms with Crippen molar-refractivity contribution in [3.8, 4) is 0 Å². The van der Waals surface area contributed by atoms with Crippen molar-refractivity contribution in [2.45, 2.75) is 64.2 Å². The second-order valence-corrected chi connectivity index (χ2v) is 10.4. The third-order valence-corrected chi connectivity index (χ3v) is 8.79. The van der Waals surface area contributed by atoms with Crippen LogP contribution in [-0.2, 0) is 9.53 Å². The molecule has 1 heterocycles. The van der Waals surface area contributed by atoms with Crippen molar-refractivity contribution in [3.63, 3.8) is 0 Å². The van der Waals surface area contributed by atoms with Gasteiger partial charge < -0.3 is 14.9 Å². The number of carbonyl (C=O) groups excluding carboxylic acids is 1. The molecule has 6 unspecified atom stereocenters. The Balaban J connectivity index is 1.91. The van der Waals surface area contributed by atoms with Crippen LogP contribution in [0.1, 0.15) is 52.9 Å². The molecule has 0 amide bonds. The Hall–Kier alpha value is -0.780. The molecule has 152 valence electrons. The second kappa shape index (κ2) is 7.92. The third-order valence-electron chi connectivity index (χ3n) is 7.61. The molecule has 0 bridgehead atoms. The predicted molar refractivity (Wildman–Crippen MR) is 109 cm³/mol. The van der Waals surface area contributed by atoms with Crippen molar-refractivity contribution in [2.24, 2.45) is 22.7 Å². The molecule has 2 fully saturated rings. The number of hydrogen-bond donors (Lipinski definition) is 2. The maximum atomic E-state index is 12.2. The zero-order valence-corrected chi connectivity index (χ0v) is 17.7. The van der Waals surface area contributed by atoms with E-state index in [4.69, 9.17) is 4.74 Å². The van der Waals surface area contributed by atoms with Crippen LogP contribution >= 0.6 is 11.8 Å². The minimum atomic E-state index is -0.467. The average Bonchev–Trinajstić information content (AvgIpc) is 3.06. The molecule has 5 heteroatoms. The number of fused-ring (bicyclic) bond motifs is 1. The van der Waals surface area contributed by atoms with Gasteiger partial charge in [-0.15, -0.1) is 0 Å². The summed E-state index contributed by atoms with van der Waals surface area (Å²) in [4.78, 5) is 12.2. The van der Waals surface area contributed by atoms with E-state index in [2.05, 4.69) is 20.4 Å². The molecule has 4 nitrogen and oxygen atoms in total. The summed E-state index contributed by atoms with van der Waals surface area (Å²) in [5, 5.41) is 20.9. The van der Waals surface area contributed by atoms with Gasteiger partial charge in [-0.3, -0.25) is 0 Å².